The first-order valence-corrected chi connectivity index (χ1v) is 11.1. The number of fused-ring (bicyclic) bond motifs is 3. The van der Waals surface area contributed by atoms with Gasteiger partial charge in [-0.25, -0.2) is 0 Å². The molecule has 2 aromatic carbocycles. The Morgan fingerprint density at radius 2 is 1.74 bits per heavy atom. The van der Waals surface area contributed by atoms with Crippen LogP contribution in [0.2, 0.25) is 5.02 Å². The zero-order valence-corrected chi connectivity index (χ0v) is 20.6. The van der Waals surface area contributed by atoms with Crippen molar-refractivity contribution in [2.75, 3.05) is 26.2 Å². The summed E-state index contributed by atoms with van der Waals surface area (Å²) in [5.74, 6) is 2.15. The molecule has 3 heterocycles. The van der Waals surface area contributed by atoms with Crippen LogP contribution >= 0.6 is 36.4 Å². The maximum absolute atomic E-state index is 6.61. The Labute approximate surface area is 203 Å². The van der Waals surface area contributed by atoms with Gasteiger partial charge in [-0.3, -0.25) is 0 Å². The van der Waals surface area contributed by atoms with Gasteiger partial charge in [-0.2, -0.15) is 0 Å². The monoisotopic (exact) mass is 486 g/mol. The summed E-state index contributed by atoms with van der Waals surface area (Å²) in [6.45, 7) is 9.59. The molecule has 2 aromatic rings. The van der Waals surface area contributed by atoms with Crippen molar-refractivity contribution in [3.63, 3.8) is 0 Å². The number of hydrogen-bond donors (Lipinski definition) is 1. The summed E-state index contributed by atoms with van der Waals surface area (Å²) in [7, 11) is 0. The van der Waals surface area contributed by atoms with Crippen LogP contribution in [0.1, 0.15) is 36.5 Å². The van der Waals surface area contributed by atoms with E-state index in [0.717, 1.165) is 35.9 Å². The van der Waals surface area contributed by atoms with E-state index in [1.165, 1.54) is 31.5 Å². The fraction of sp³-hybridized carbons (Fsp3) is 0.500. The third-order valence-electron chi connectivity index (χ3n) is 6.10. The third kappa shape index (κ3) is 6.66. The van der Waals surface area contributed by atoms with Crippen molar-refractivity contribution in [3.8, 4) is 11.5 Å². The standard InChI is InChI=1S/C24H31ClN2O2.2ClH/c1-3-28-23-13-19(14-26-22-15-27-10-8-20(22)9-11-27)12-21(25)24(23)29-16-18-6-4-17(2)5-7-18;;/h4-7,12-13,20,22,26H,3,8-11,14-16H2,1-2H3;2*1H. The van der Waals surface area contributed by atoms with Crippen molar-refractivity contribution in [3.05, 3.63) is 58.1 Å². The molecule has 0 amide bonds. The van der Waals surface area contributed by atoms with E-state index in [1.807, 2.05) is 13.0 Å². The maximum atomic E-state index is 6.61. The van der Waals surface area contributed by atoms with Crippen LogP contribution in [0.5, 0.6) is 11.5 Å². The number of nitrogens with one attached hydrogen (secondary N) is 1. The lowest BCUT2D eigenvalue weighted by molar-refractivity contribution is 0.0720. The Balaban J connectivity index is 0.00000171. The molecular weight excluding hydrogens is 455 g/mol. The molecule has 0 aliphatic carbocycles. The Hall–Kier alpha value is -1.17. The SMILES string of the molecule is CCOc1cc(CNC2CN3CCC2CC3)cc(Cl)c1OCc1ccc(C)cc1.Cl.Cl. The molecule has 0 aromatic heterocycles. The van der Waals surface area contributed by atoms with Crippen LogP contribution in [0.25, 0.3) is 0 Å². The van der Waals surface area contributed by atoms with Gasteiger partial charge in [-0.05, 0) is 69.0 Å². The topological polar surface area (TPSA) is 33.7 Å². The number of benzene rings is 2. The van der Waals surface area contributed by atoms with Crippen molar-refractivity contribution < 1.29 is 9.47 Å². The lowest BCUT2D eigenvalue weighted by Gasteiger charge is -2.45. The van der Waals surface area contributed by atoms with E-state index in [9.17, 15) is 0 Å². The molecule has 1 N–H and O–H groups in total. The smallest absolute Gasteiger partial charge is 0.180 e. The molecule has 0 saturated carbocycles. The van der Waals surface area contributed by atoms with Crippen LogP contribution in [-0.4, -0.2) is 37.2 Å². The van der Waals surface area contributed by atoms with Gasteiger partial charge in [-0.1, -0.05) is 41.4 Å². The molecule has 172 valence electrons. The second-order valence-electron chi connectivity index (χ2n) is 8.24. The predicted molar refractivity (Wildman–Crippen MR) is 132 cm³/mol. The molecule has 3 aliphatic heterocycles. The van der Waals surface area contributed by atoms with E-state index in [0.29, 0.717) is 30.0 Å². The number of ether oxygens (including phenoxy) is 2. The van der Waals surface area contributed by atoms with Crippen LogP contribution in [0, 0.1) is 12.8 Å². The minimum Gasteiger partial charge on any atom is -0.490 e. The van der Waals surface area contributed by atoms with Gasteiger partial charge in [0, 0.05) is 19.1 Å². The lowest BCUT2D eigenvalue weighted by Crippen LogP contribution is -2.55. The molecule has 5 rings (SSSR count). The molecule has 4 nitrogen and oxygen atoms in total. The summed E-state index contributed by atoms with van der Waals surface area (Å²) >= 11 is 6.61. The van der Waals surface area contributed by atoms with Crippen LogP contribution in [0.4, 0.5) is 0 Å². The molecule has 3 saturated heterocycles. The van der Waals surface area contributed by atoms with Gasteiger partial charge in [0.25, 0.3) is 0 Å². The van der Waals surface area contributed by atoms with Gasteiger partial charge >= 0.3 is 0 Å². The normalized spacial score (nSPS) is 21.7. The molecule has 2 bridgehead atoms. The Morgan fingerprint density at radius 3 is 2.35 bits per heavy atom. The summed E-state index contributed by atoms with van der Waals surface area (Å²) in [4.78, 5) is 2.57. The van der Waals surface area contributed by atoms with E-state index in [4.69, 9.17) is 21.1 Å². The molecule has 7 heteroatoms. The molecular formula is C24H33Cl3N2O2. The minimum absolute atomic E-state index is 0. The first kappa shape index (κ1) is 26.1. The molecule has 1 atom stereocenters. The highest BCUT2D eigenvalue weighted by atomic mass is 35.5. The number of rotatable bonds is 8. The highest BCUT2D eigenvalue weighted by Crippen LogP contribution is 2.37. The van der Waals surface area contributed by atoms with Crippen LogP contribution < -0.4 is 14.8 Å². The van der Waals surface area contributed by atoms with Crippen LogP contribution in [-0.2, 0) is 13.2 Å². The number of halogens is 3. The van der Waals surface area contributed by atoms with Gasteiger partial charge in [-0.15, -0.1) is 24.8 Å². The number of piperidine rings is 3. The second-order valence-corrected chi connectivity index (χ2v) is 8.64. The second kappa shape index (κ2) is 12.2. The Kier molecular flexibility index (Phi) is 10.2. The molecule has 3 aliphatic rings. The zero-order chi connectivity index (χ0) is 20.2. The number of nitrogens with zero attached hydrogens (tertiary/aromatic N) is 1. The summed E-state index contributed by atoms with van der Waals surface area (Å²) in [5, 5.41) is 4.36. The predicted octanol–water partition coefficient (Wildman–Crippen LogP) is 5.65. The molecule has 1 unspecified atom stereocenters. The van der Waals surface area contributed by atoms with E-state index >= 15 is 0 Å². The van der Waals surface area contributed by atoms with Crippen LogP contribution in [0.15, 0.2) is 36.4 Å². The average Bonchev–Trinajstić information content (AvgIpc) is 2.74. The van der Waals surface area contributed by atoms with Gasteiger partial charge in [0.15, 0.2) is 11.5 Å². The minimum atomic E-state index is 0. The summed E-state index contributed by atoms with van der Waals surface area (Å²) in [6, 6.07) is 13.0. The number of aryl methyl sites for hydroxylation is 1. The van der Waals surface area contributed by atoms with Crippen molar-refractivity contribution >= 4 is 36.4 Å². The van der Waals surface area contributed by atoms with Gasteiger partial charge in [0.1, 0.15) is 6.61 Å². The number of hydrogen-bond acceptors (Lipinski definition) is 4. The Morgan fingerprint density at radius 1 is 1.03 bits per heavy atom. The largest absolute Gasteiger partial charge is 0.490 e. The zero-order valence-electron chi connectivity index (χ0n) is 18.2. The van der Waals surface area contributed by atoms with E-state index in [-0.39, 0.29) is 24.8 Å². The highest BCUT2D eigenvalue weighted by molar-refractivity contribution is 6.32. The fourth-order valence-electron chi connectivity index (χ4n) is 4.41. The lowest BCUT2D eigenvalue weighted by atomic mass is 9.84. The quantitative estimate of drug-likeness (QED) is 0.521. The fourth-order valence-corrected chi connectivity index (χ4v) is 4.70. The van der Waals surface area contributed by atoms with Crippen LogP contribution in [0.3, 0.4) is 0 Å². The van der Waals surface area contributed by atoms with Gasteiger partial charge in [0.05, 0.1) is 11.6 Å². The average molecular weight is 488 g/mol. The summed E-state index contributed by atoms with van der Waals surface area (Å²) in [5.41, 5.74) is 3.49. The van der Waals surface area contributed by atoms with Crippen molar-refractivity contribution in [2.45, 2.75) is 45.9 Å². The maximum Gasteiger partial charge on any atom is 0.180 e. The van der Waals surface area contributed by atoms with Crippen molar-refractivity contribution in [1.29, 1.82) is 0 Å². The first-order chi connectivity index (χ1) is 14.1. The van der Waals surface area contributed by atoms with E-state index in [2.05, 4.69) is 47.5 Å². The molecule has 0 radical (unpaired) electrons. The molecule has 3 fully saturated rings. The summed E-state index contributed by atoms with van der Waals surface area (Å²) in [6.07, 6.45) is 2.63. The molecule has 0 spiro atoms. The van der Waals surface area contributed by atoms with E-state index < -0.39 is 0 Å². The van der Waals surface area contributed by atoms with Crippen molar-refractivity contribution in [2.24, 2.45) is 5.92 Å². The first-order valence-electron chi connectivity index (χ1n) is 10.7. The summed E-state index contributed by atoms with van der Waals surface area (Å²) < 4.78 is 11.9. The molecule has 31 heavy (non-hydrogen) atoms. The van der Waals surface area contributed by atoms with E-state index in [1.54, 1.807) is 0 Å². The van der Waals surface area contributed by atoms with Gasteiger partial charge in [0.2, 0.25) is 0 Å². The Bertz CT molecular complexity index is 824. The van der Waals surface area contributed by atoms with Crippen molar-refractivity contribution in [1.82, 2.24) is 10.2 Å². The van der Waals surface area contributed by atoms with Gasteiger partial charge < -0.3 is 19.7 Å². The highest BCUT2D eigenvalue weighted by Gasteiger charge is 2.33. The third-order valence-corrected chi connectivity index (χ3v) is 6.38.